The van der Waals surface area contributed by atoms with Crippen LogP contribution >= 0.6 is 0 Å². The second-order valence-electron chi connectivity index (χ2n) is 12.0. The zero-order valence-corrected chi connectivity index (χ0v) is 25.6. The number of nitrogens with zero attached hydrogens (tertiary/aromatic N) is 3. The first-order chi connectivity index (χ1) is 23.8. The number of hydrogen-bond donors (Lipinski definition) is 0. The highest BCUT2D eigenvalue weighted by atomic mass is 16.3. The molecule has 0 aliphatic rings. The highest BCUT2D eigenvalue weighted by Gasteiger charge is 2.20. The van der Waals surface area contributed by atoms with Crippen LogP contribution in [0, 0.1) is 0 Å². The van der Waals surface area contributed by atoms with Crippen molar-refractivity contribution in [3.63, 3.8) is 0 Å². The third-order valence-corrected chi connectivity index (χ3v) is 9.12. The lowest BCUT2D eigenvalue weighted by atomic mass is 9.92. The third-order valence-electron chi connectivity index (χ3n) is 9.12. The molecule has 0 aliphatic carbocycles. The van der Waals surface area contributed by atoms with E-state index in [2.05, 4.69) is 72.8 Å². The van der Waals surface area contributed by atoms with Gasteiger partial charge in [0, 0.05) is 38.2 Å². The largest absolute Gasteiger partial charge is 0.456 e. The predicted molar refractivity (Wildman–Crippen MR) is 194 cm³/mol. The van der Waals surface area contributed by atoms with E-state index in [-0.39, 0.29) is 0 Å². The summed E-state index contributed by atoms with van der Waals surface area (Å²) in [4.78, 5) is 15.4. The van der Waals surface area contributed by atoms with Crippen LogP contribution in [-0.4, -0.2) is 15.0 Å². The molecule has 224 valence electrons. The summed E-state index contributed by atoms with van der Waals surface area (Å²) in [5.41, 5.74) is 8.26. The van der Waals surface area contributed by atoms with Gasteiger partial charge in [-0.1, -0.05) is 115 Å². The number of rotatable bonds is 4. The van der Waals surface area contributed by atoms with Gasteiger partial charge in [-0.15, -0.1) is 0 Å². The molecule has 0 amide bonds. The van der Waals surface area contributed by atoms with Crippen LogP contribution in [0.5, 0.6) is 0 Å². The van der Waals surface area contributed by atoms with Gasteiger partial charge in [0.1, 0.15) is 22.3 Å². The quantitative estimate of drug-likeness (QED) is 0.197. The highest BCUT2D eigenvalue weighted by Crippen LogP contribution is 2.42. The Balaban J connectivity index is 1.26. The van der Waals surface area contributed by atoms with Gasteiger partial charge in [-0.05, 0) is 58.3 Å². The number of benzene rings is 7. The molecule has 0 saturated heterocycles. The van der Waals surface area contributed by atoms with Crippen molar-refractivity contribution in [3.05, 3.63) is 152 Å². The summed E-state index contributed by atoms with van der Waals surface area (Å²) in [5, 5.41) is 6.44. The van der Waals surface area contributed by atoms with E-state index in [4.69, 9.17) is 23.8 Å². The van der Waals surface area contributed by atoms with Crippen molar-refractivity contribution < 1.29 is 8.83 Å². The van der Waals surface area contributed by atoms with Gasteiger partial charge in [0.25, 0.3) is 0 Å². The first-order valence-electron chi connectivity index (χ1n) is 15.9. The smallest absolute Gasteiger partial charge is 0.164 e. The number of aromatic nitrogens is 3. The topological polar surface area (TPSA) is 65.0 Å². The molecule has 48 heavy (non-hydrogen) atoms. The zero-order valence-electron chi connectivity index (χ0n) is 25.6. The van der Waals surface area contributed by atoms with Crippen LogP contribution in [0.1, 0.15) is 0 Å². The molecule has 0 unspecified atom stereocenters. The third kappa shape index (κ3) is 4.15. The molecule has 10 rings (SSSR count). The number of furan rings is 2. The van der Waals surface area contributed by atoms with Crippen molar-refractivity contribution in [1.82, 2.24) is 15.0 Å². The van der Waals surface area contributed by atoms with E-state index in [9.17, 15) is 0 Å². The average molecular weight is 616 g/mol. The lowest BCUT2D eigenvalue weighted by Gasteiger charge is -2.13. The molecule has 5 nitrogen and oxygen atoms in total. The Morgan fingerprint density at radius 1 is 0.333 bits per heavy atom. The zero-order chi connectivity index (χ0) is 31.6. The average Bonchev–Trinajstić information content (AvgIpc) is 3.73. The molecule has 0 saturated carbocycles. The minimum atomic E-state index is 0.591. The normalized spacial score (nSPS) is 11.8. The number of hydrogen-bond acceptors (Lipinski definition) is 5. The van der Waals surface area contributed by atoms with Crippen molar-refractivity contribution in [2.45, 2.75) is 0 Å². The van der Waals surface area contributed by atoms with Crippen molar-refractivity contribution in [2.75, 3.05) is 0 Å². The molecule has 0 bridgehead atoms. The van der Waals surface area contributed by atoms with E-state index in [1.54, 1.807) is 0 Å². The molecular formula is C43H25N3O2. The fourth-order valence-corrected chi connectivity index (χ4v) is 6.96. The summed E-state index contributed by atoms with van der Waals surface area (Å²) in [7, 11) is 0. The standard InChI is InChI=1S/C43H25N3O2/c1-2-12-26(13-3-1)41-44-42(46-43(45-41)33-19-11-23-38-40(33)32-17-7-9-21-36(32)48-38)28-24-27-14-4-5-15-29(27)34(25-28)30-18-10-22-37-39(30)31-16-6-8-20-35(31)47-37/h1-25H. The number of fused-ring (bicyclic) bond motifs is 7. The molecule has 7 aromatic carbocycles. The summed E-state index contributed by atoms with van der Waals surface area (Å²) in [6, 6.07) is 51.6. The van der Waals surface area contributed by atoms with Gasteiger partial charge in [0.05, 0.1) is 0 Å². The van der Waals surface area contributed by atoms with E-state index in [1.165, 1.54) is 0 Å². The first-order valence-corrected chi connectivity index (χ1v) is 15.9. The van der Waals surface area contributed by atoms with Crippen LogP contribution in [0.15, 0.2) is 160 Å². The van der Waals surface area contributed by atoms with Gasteiger partial charge in [-0.25, -0.2) is 15.0 Å². The minimum Gasteiger partial charge on any atom is -0.456 e. The maximum absolute atomic E-state index is 6.29. The van der Waals surface area contributed by atoms with Crippen molar-refractivity contribution >= 4 is 54.6 Å². The van der Waals surface area contributed by atoms with Crippen molar-refractivity contribution in [3.8, 4) is 45.3 Å². The molecule has 3 aromatic heterocycles. The van der Waals surface area contributed by atoms with Crippen LogP contribution in [0.4, 0.5) is 0 Å². The van der Waals surface area contributed by atoms with Gasteiger partial charge in [-0.3, -0.25) is 0 Å². The number of para-hydroxylation sites is 2. The Kier molecular flexibility index (Phi) is 5.81. The second-order valence-corrected chi connectivity index (χ2v) is 12.0. The molecule has 0 atom stereocenters. The predicted octanol–water partition coefficient (Wildman–Crippen LogP) is 11.5. The molecule has 0 radical (unpaired) electrons. The Morgan fingerprint density at radius 2 is 0.854 bits per heavy atom. The SMILES string of the molecule is c1ccc(-c2nc(-c3cc(-c4cccc5oc6ccccc6c45)c4ccccc4c3)nc(-c3cccc4oc5ccccc5c34)n2)cc1. The molecular weight excluding hydrogens is 590 g/mol. The Morgan fingerprint density at radius 3 is 1.56 bits per heavy atom. The summed E-state index contributed by atoms with van der Waals surface area (Å²) in [5.74, 6) is 1.80. The van der Waals surface area contributed by atoms with Crippen LogP contribution in [0.3, 0.4) is 0 Å². The van der Waals surface area contributed by atoms with Crippen molar-refractivity contribution in [2.24, 2.45) is 0 Å². The fraction of sp³-hybridized carbons (Fsp3) is 0. The van der Waals surface area contributed by atoms with Crippen LogP contribution in [0.25, 0.3) is 99.9 Å². The van der Waals surface area contributed by atoms with Crippen LogP contribution in [-0.2, 0) is 0 Å². The monoisotopic (exact) mass is 615 g/mol. The molecule has 0 aliphatic heterocycles. The Bertz CT molecular complexity index is 2850. The lowest BCUT2D eigenvalue weighted by Crippen LogP contribution is -2.00. The van der Waals surface area contributed by atoms with Gasteiger partial charge in [0.15, 0.2) is 17.5 Å². The van der Waals surface area contributed by atoms with Gasteiger partial charge < -0.3 is 8.83 Å². The van der Waals surface area contributed by atoms with Gasteiger partial charge >= 0.3 is 0 Å². The molecule has 10 aromatic rings. The molecule has 3 heterocycles. The Hall–Kier alpha value is -6.59. The maximum atomic E-state index is 6.29. The maximum Gasteiger partial charge on any atom is 0.164 e. The van der Waals surface area contributed by atoms with Crippen LogP contribution < -0.4 is 0 Å². The molecule has 0 spiro atoms. The summed E-state index contributed by atoms with van der Waals surface area (Å²) in [6.45, 7) is 0. The molecule has 0 fully saturated rings. The lowest BCUT2D eigenvalue weighted by molar-refractivity contribution is 0.668. The van der Waals surface area contributed by atoms with E-state index in [1.807, 2.05) is 78.9 Å². The van der Waals surface area contributed by atoms with Crippen molar-refractivity contribution in [1.29, 1.82) is 0 Å². The first kappa shape index (κ1) is 26.6. The molecule has 5 heteroatoms. The fourth-order valence-electron chi connectivity index (χ4n) is 6.96. The highest BCUT2D eigenvalue weighted by molar-refractivity contribution is 6.16. The second kappa shape index (κ2) is 10.5. The Labute approximate surface area is 274 Å². The van der Waals surface area contributed by atoms with E-state index < -0.39 is 0 Å². The molecule has 0 N–H and O–H groups in total. The summed E-state index contributed by atoms with van der Waals surface area (Å²) < 4.78 is 12.5. The summed E-state index contributed by atoms with van der Waals surface area (Å²) >= 11 is 0. The summed E-state index contributed by atoms with van der Waals surface area (Å²) in [6.07, 6.45) is 0. The van der Waals surface area contributed by atoms with Crippen LogP contribution in [0.2, 0.25) is 0 Å². The minimum absolute atomic E-state index is 0.591. The van der Waals surface area contributed by atoms with E-state index in [0.29, 0.717) is 17.5 Å². The van der Waals surface area contributed by atoms with Gasteiger partial charge in [0.2, 0.25) is 0 Å². The van der Waals surface area contributed by atoms with Gasteiger partial charge in [-0.2, -0.15) is 0 Å². The van der Waals surface area contributed by atoms with E-state index >= 15 is 0 Å². The van der Waals surface area contributed by atoms with E-state index in [0.717, 1.165) is 82.5 Å².